The van der Waals surface area contributed by atoms with Gasteiger partial charge in [0.25, 0.3) is 0 Å². The topological polar surface area (TPSA) is 37.4 Å². The molecule has 2 saturated heterocycles. The van der Waals surface area contributed by atoms with Crippen molar-refractivity contribution in [3.05, 3.63) is 48.2 Å². The standard InChI is InChI=1S/C18H22AsNO2S/c1-12-18(2,3)23-17-15(16(22)20(12)17)19-14(21)11-7-10-13-8-5-4-6-9-13/h4-6,8-9,15,17,19H,1,7,10-11H2,2-3H3/t15-,17-/m1/s1. The summed E-state index contributed by atoms with van der Waals surface area (Å²) in [6.45, 7) is 8.25. The molecule has 1 aromatic rings. The van der Waals surface area contributed by atoms with E-state index in [1.165, 1.54) is 5.56 Å². The van der Waals surface area contributed by atoms with Crippen LogP contribution in [0.15, 0.2) is 42.6 Å². The van der Waals surface area contributed by atoms with Crippen LogP contribution >= 0.6 is 11.8 Å². The van der Waals surface area contributed by atoms with Crippen molar-refractivity contribution >= 4 is 38.0 Å². The number of amides is 1. The van der Waals surface area contributed by atoms with Gasteiger partial charge in [0.1, 0.15) is 0 Å². The number of nitrogens with zero attached hydrogens (tertiary/aromatic N) is 1. The number of rotatable bonds is 6. The quantitative estimate of drug-likeness (QED) is 0.553. The number of benzene rings is 1. The van der Waals surface area contributed by atoms with Crippen molar-refractivity contribution in [3.8, 4) is 0 Å². The van der Waals surface area contributed by atoms with Crippen LogP contribution in [0.2, 0.25) is 4.71 Å². The zero-order valence-electron chi connectivity index (χ0n) is 13.5. The fourth-order valence-corrected chi connectivity index (χ4v) is 7.78. The normalized spacial score (nSPS) is 25.7. The average Bonchev–Trinajstić information content (AvgIpc) is 2.73. The first-order valence-corrected chi connectivity index (χ1v) is 11.1. The summed E-state index contributed by atoms with van der Waals surface area (Å²) in [5.41, 5.74) is 2.17. The summed E-state index contributed by atoms with van der Waals surface area (Å²) in [5, 5.41) is 0.170. The number of hydrogen-bond donors (Lipinski definition) is 0. The Labute approximate surface area is 148 Å². The van der Waals surface area contributed by atoms with E-state index in [1.807, 2.05) is 23.1 Å². The molecule has 0 aliphatic carbocycles. The molecule has 1 amide bonds. The number of aryl methyl sites for hydroxylation is 1. The second-order valence-electron chi connectivity index (χ2n) is 6.56. The van der Waals surface area contributed by atoms with Crippen molar-refractivity contribution < 1.29 is 9.59 Å². The molecule has 2 aliphatic rings. The first-order chi connectivity index (χ1) is 10.9. The summed E-state index contributed by atoms with van der Waals surface area (Å²) in [6.07, 6.45) is 2.43. The van der Waals surface area contributed by atoms with E-state index >= 15 is 0 Å². The summed E-state index contributed by atoms with van der Waals surface area (Å²) in [4.78, 5) is 26.4. The third-order valence-electron chi connectivity index (χ3n) is 4.47. The number of fused-ring (bicyclic) bond motifs is 1. The predicted octanol–water partition coefficient (Wildman–Crippen LogP) is 2.97. The van der Waals surface area contributed by atoms with Crippen molar-refractivity contribution in [2.45, 2.75) is 47.9 Å². The van der Waals surface area contributed by atoms with Gasteiger partial charge in [0.2, 0.25) is 0 Å². The molecular formula is C18H22AsNO2S. The van der Waals surface area contributed by atoms with Crippen molar-refractivity contribution in [1.29, 1.82) is 0 Å². The van der Waals surface area contributed by atoms with E-state index in [-0.39, 0.29) is 20.7 Å². The van der Waals surface area contributed by atoms with E-state index in [0.717, 1.165) is 18.5 Å². The molecule has 0 spiro atoms. The van der Waals surface area contributed by atoms with Crippen LogP contribution in [0.4, 0.5) is 0 Å². The molecular weight excluding hydrogens is 369 g/mol. The molecule has 2 heterocycles. The van der Waals surface area contributed by atoms with Gasteiger partial charge in [0.15, 0.2) is 0 Å². The van der Waals surface area contributed by atoms with Gasteiger partial charge >= 0.3 is 149 Å². The molecule has 0 saturated carbocycles. The van der Waals surface area contributed by atoms with Crippen LogP contribution in [0, 0.1) is 0 Å². The average molecular weight is 391 g/mol. The zero-order valence-corrected chi connectivity index (χ0v) is 16.5. The summed E-state index contributed by atoms with van der Waals surface area (Å²) < 4.78 is 0.218. The Balaban J connectivity index is 1.48. The maximum absolute atomic E-state index is 12.3. The predicted molar refractivity (Wildman–Crippen MR) is 96.7 cm³/mol. The van der Waals surface area contributed by atoms with Gasteiger partial charge in [0, 0.05) is 0 Å². The van der Waals surface area contributed by atoms with E-state index in [2.05, 4.69) is 32.6 Å². The van der Waals surface area contributed by atoms with Gasteiger partial charge in [-0.05, 0) is 0 Å². The Morgan fingerprint density at radius 1 is 1.35 bits per heavy atom. The Kier molecular flexibility index (Phi) is 4.75. The van der Waals surface area contributed by atoms with Crippen LogP contribution in [0.3, 0.4) is 0 Å². The van der Waals surface area contributed by atoms with Gasteiger partial charge in [-0.1, -0.05) is 0 Å². The first kappa shape index (κ1) is 16.9. The fourth-order valence-electron chi connectivity index (χ4n) is 3.01. The van der Waals surface area contributed by atoms with E-state index < -0.39 is 15.8 Å². The van der Waals surface area contributed by atoms with Gasteiger partial charge < -0.3 is 0 Å². The molecule has 2 fully saturated rings. The van der Waals surface area contributed by atoms with Crippen LogP contribution in [0.1, 0.15) is 32.3 Å². The SMILES string of the molecule is C=C1N2C(=O)[C@@H]([AsH]C(=O)CCCc3ccccc3)[C@H]2SC1(C)C. The third kappa shape index (κ3) is 3.29. The second kappa shape index (κ2) is 6.49. The summed E-state index contributed by atoms with van der Waals surface area (Å²) >= 11 is 0.910. The molecule has 23 heavy (non-hydrogen) atoms. The van der Waals surface area contributed by atoms with Crippen molar-refractivity contribution in [1.82, 2.24) is 4.90 Å². The molecule has 1 unspecified atom stereocenters. The van der Waals surface area contributed by atoms with Crippen LogP contribution in [-0.4, -0.2) is 41.3 Å². The van der Waals surface area contributed by atoms with Gasteiger partial charge in [-0.25, -0.2) is 0 Å². The van der Waals surface area contributed by atoms with Crippen molar-refractivity contribution in [2.24, 2.45) is 0 Å². The van der Waals surface area contributed by atoms with Gasteiger partial charge in [-0.3, -0.25) is 0 Å². The number of thioether (sulfide) groups is 1. The van der Waals surface area contributed by atoms with Gasteiger partial charge in [-0.15, -0.1) is 0 Å². The monoisotopic (exact) mass is 391 g/mol. The number of hydrogen-bond acceptors (Lipinski definition) is 3. The molecule has 122 valence electrons. The van der Waals surface area contributed by atoms with Crippen LogP contribution in [-0.2, 0) is 16.0 Å². The summed E-state index contributed by atoms with van der Waals surface area (Å²) in [5.74, 6) is 0.134. The maximum atomic E-state index is 12.3. The molecule has 3 atom stereocenters. The minimum atomic E-state index is -0.875. The van der Waals surface area contributed by atoms with Crippen LogP contribution in [0.5, 0.6) is 0 Å². The first-order valence-electron chi connectivity index (χ1n) is 7.94. The van der Waals surface area contributed by atoms with E-state index in [1.54, 1.807) is 11.8 Å². The zero-order chi connectivity index (χ0) is 16.6. The number of carbonyl (C=O) groups excluding carboxylic acids is 2. The third-order valence-corrected chi connectivity index (χ3v) is 9.56. The molecule has 5 heteroatoms. The van der Waals surface area contributed by atoms with Crippen molar-refractivity contribution in [2.75, 3.05) is 0 Å². The Hall–Kier alpha value is -0.992. The van der Waals surface area contributed by atoms with E-state index in [9.17, 15) is 9.59 Å². The fraction of sp³-hybridized carbons (Fsp3) is 0.444. The van der Waals surface area contributed by atoms with E-state index in [4.69, 9.17) is 0 Å². The Bertz CT molecular complexity index is 644. The minimum absolute atomic E-state index is 0.0252. The molecule has 0 aromatic heterocycles. The molecule has 3 rings (SSSR count). The molecule has 3 nitrogen and oxygen atoms in total. The number of β-lactam (4-membered cyclic amide) rings is 1. The van der Waals surface area contributed by atoms with Gasteiger partial charge in [-0.2, -0.15) is 0 Å². The Morgan fingerprint density at radius 3 is 2.74 bits per heavy atom. The summed E-state index contributed by atoms with van der Waals surface area (Å²) in [7, 11) is 0. The van der Waals surface area contributed by atoms with E-state index in [0.29, 0.717) is 11.0 Å². The molecule has 2 aliphatic heterocycles. The summed E-state index contributed by atoms with van der Waals surface area (Å²) in [6, 6.07) is 10.2. The van der Waals surface area contributed by atoms with Gasteiger partial charge in [0.05, 0.1) is 0 Å². The molecule has 1 aromatic carbocycles. The Morgan fingerprint density at radius 2 is 2.04 bits per heavy atom. The molecule has 0 radical (unpaired) electrons. The van der Waals surface area contributed by atoms with Crippen molar-refractivity contribution in [3.63, 3.8) is 0 Å². The molecule has 0 bridgehead atoms. The van der Waals surface area contributed by atoms with Crippen LogP contribution in [0.25, 0.3) is 0 Å². The molecule has 0 N–H and O–H groups in total. The van der Waals surface area contributed by atoms with Crippen LogP contribution < -0.4 is 0 Å². The number of carbonyl (C=O) groups is 2. The second-order valence-corrected chi connectivity index (χ2v) is 11.4.